The third-order valence-corrected chi connectivity index (χ3v) is 3.13. The summed E-state index contributed by atoms with van der Waals surface area (Å²) in [6.45, 7) is 0.376. The molecule has 0 aromatic heterocycles. The average molecular weight is 380 g/mol. The van der Waals surface area contributed by atoms with Gasteiger partial charge in [0.15, 0.2) is 0 Å². The van der Waals surface area contributed by atoms with Crippen molar-refractivity contribution in [1.29, 1.82) is 0 Å². The summed E-state index contributed by atoms with van der Waals surface area (Å²) in [6.07, 6.45) is 0. The molecule has 0 unspecified atom stereocenters. The number of benzene rings is 2. The molecule has 2 aromatic rings. The number of nitrogens with zero attached hydrogens (tertiary/aromatic N) is 2. The summed E-state index contributed by atoms with van der Waals surface area (Å²) < 4.78 is 0. The predicted molar refractivity (Wildman–Crippen MR) is 99.0 cm³/mol. The quantitative estimate of drug-likeness (QED) is 0.260. The van der Waals surface area contributed by atoms with E-state index in [0.29, 0.717) is 12.2 Å². The standard InChI is InChI=1S/C8H10N2O4.C8H10N2O3/c11-4-3-9-7-2-1-6(12)5-8(7)10(13)14;11-6-5-9-7-3-1-2-4-8(7)10(12)13/h1-2,5,9,11-12H,3-4H2;1-4,9,11H,5-6H2. The van der Waals surface area contributed by atoms with Gasteiger partial charge in [-0.3, -0.25) is 20.2 Å². The number of hydrogen-bond acceptors (Lipinski definition) is 9. The van der Waals surface area contributed by atoms with Gasteiger partial charge in [0, 0.05) is 19.2 Å². The van der Waals surface area contributed by atoms with Crippen LogP contribution in [0.3, 0.4) is 0 Å². The lowest BCUT2D eigenvalue weighted by molar-refractivity contribution is -0.384. The summed E-state index contributed by atoms with van der Waals surface area (Å²) >= 11 is 0. The number of aromatic hydroxyl groups is 1. The maximum Gasteiger partial charge on any atom is 0.296 e. The number of nitro groups is 2. The fraction of sp³-hybridized carbons (Fsp3) is 0.250. The van der Waals surface area contributed by atoms with Crippen molar-refractivity contribution >= 4 is 22.7 Å². The lowest BCUT2D eigenvalue weighted by atomic mass is 10.2. The van der Waals surface area contributed by atoms with Crippen LogP contribution in [0.2, 0.25) is 0 Å². The third-order valence-electron chi connectivity index (χ3n) is 3.13. The van der Waals surface area contributed by atoms with Crippen LogP contribution in [0.15, 0.2) is 42.5 Å². The number of phenolic OH excluding ortho intramolecular Hbond substituents is 1. The number of rotatable bonds is 8. The average Bonchev–Trinajstić information content (AvgIpc) is 2.66. The third kappa shape index (κ3) is 7.13. The second-order valence-corrected chi connectivity index (χ2v) is 5.03. The number of nitro benzene ring substituents is 2. The second kappa shape index (κ2) is 11.2. The Hall–Kier alpha value is -3.44. The Labute approximate surface area is 154 Å². The number of phenols is 1. The highest BCUT2D eigenvalue weighted by molar-refractivity contribution is 5.63. The first-order chi connectivity index (χ1) is 12.9. The smallest absolute Gasteiger partial charge is 0.296 e. The maximum atomic E-state index is 10.5. The molecule has 0 radical (unpaired) electrons. The number of aliphatic hydroxyl groups is 2. The zero-order chi connectivity index (χ0) is 20.2. The maximum absolute atomic E-state index is 10.5. The highest BCUT2D eigenvalue weighted by Crippen LogP contribution is 2.28. The van der Waals surface area contributed by atoms with E-state index in [1.54, 1.807) is 18.2 Å². The molecule has 0 aliphatic heterocycles. The predicted octanol–water partition coefficient (Wildman–Crippen LogP) is 1.70. The lowest BCUT2D eigenvalue weighted by Crippen LogP contribution is -2.07. The van der Waals surface area contributed by atoms with Crippen LogP contribution in [0.25, 0.3) is 0 Å². The summed E-state index contributed by atoms with van der Waals surface area (Å²) in [7, 11) is 0. The van der Waals surface area contributed by atoms with Gasteiger partial charge < -0.3 is 26.0 Å². The molecule has 0 heterocycles. The molecule has 0 saturated heterocycles. The molecule has 0 aliphatic rings. The van der Waals surface area contributed by atoms with Gasteiger partial charge in [0.25, 0.3) is 11.4 Å². The molecule has 0 amide bonds. The van der Waals surface area contributed by atoms with Gasteiger partial charge in [0.2, 0.25) is 0 Å². The number of nitrogens with one attached hydrogen (secondary N) is 2. The van der Waals surface area contributed by atoms with Crippen LogP contribution in [0.5, 0.6) is 5.75 Å². The van der Waals surface area contributed by atoms with E-state index in [2.05, 4.69) is 10.6 Å². The minimum absolute atomic E-state index is 0.0240. The summed E-state index contributed by atoms with van der Waals surface area (Å²) in [4.78, 5) is 20.0. The number of para-hydroxylation sites is 2. The van der Waals surface area contributed by atoms with Crippen molar-refractivity contribution in [2.24, 2.45) is 0 Å². The highest BCUT2D eigenvalue weighted by atomic mass is 16.6. The van der Waals surface area contributed by atoms with E-state index < -0.39 is 9.85 Å². The van der Waals surface area contributed by atoms with Crippen molar-refractivity contribution < 1.29 is 25.2 Å². The first kappa shape index (κ1) is 21.6. The van der Waals surface area contributed by atoms with E-state index in [4.69, 9.17) is 15.3 Å². The van der Waals surface area contributed by atoms with Gasteiger partial charge in [-0.1, -0.05) is 12.1 Å². The van der Waals surface area contributed by atoms with Crippen LogP contribution in [0.1, 0.15) is 0 Å². The van der Waals surface area contributed by atoms with Crippen LogP contribution in [0, 0.1) is 20.2 Å². The van der Waals surface area contributed by atoms with E-state index in [-0.39, 0.29) is 42.6 Å². The molecular formula is C16H20N4O7. The zero-order valence-corrected chi connectivity index (χ0v) is 14.2. The second-order valence-electron chi connectivity index (χ2n) is 5.03. The van der Waals surface area contributed by atoms with Gasteiger partial charge >= 0.3 is 0 Å². The molecular weight excluding hydrogens is 360 g/mol. The molecule has 2 rings (SSSR count). The van der Waals surface area contributed by atoms with E-state index >= 15 is 0 Å². The van der Waals surface area contributed by atoms with E-state index in [1.165, 1.54) is 18.2 Å². The minimum Gasteiger partial charge on any atom is -0.508 e. The summed E-state index contributed by atoms with van der Waals surface area (Å²) in [5.74, 6) is -0.161. The molecule has 5 N–H and O–H groups in total. The normalized spacial score (nSPS) is 9.70. The van der Waals surface area contributed by atoms with Gasteiger partial charge in [0.1, 0.15) is 17.1 Å². The summed E-state index contributed by atoms with van der Waals surface area (Å²) in [6, 6.07) is 10.1. The molecule has 2 aromatic carbocycles. The molecule has 0 saturated carbocycles. The first-order valence-corrected chi connectivity index (χ1v) is 7.81. The van der Waals surface area contributed by atoms with E-state index in [0.717, 1.165) is 6.07 Å². The van der Waals surface area contributed by atoms with Crippen LogP contribution in [0.4, 0.5) is 22.7 Å². The van der Waals surface area contributed by atoms with Crippen molar-refractivity contribution in [3.63, 3.8) is 0 Å². The van der Waals surface area contributed by atoms with Crippen molar-refractivity contribution in [3.8, 4) is 5.75 Å². The molecule has 0 aliphatic carbocycles. The fourth-order valence-electron chi connectivity index (χ4n) is 1.98. The fourth-order valence-corrected chi connectivity index (χ4v) is 1.98. The SMILES string of the molecule is O=[N+]([O-])c1cc(O)ccc1NCCO.O=[N+]([O-])c1ccccc1NCCO. The Bertz CT molecular complexity index is 770. The molecule has 0 fully saturated rings. The van der Waals surface area contributed by atoms with Crippen molar-refractivity contribution in [3.05, 3.63) is 62.7 Å². The Balaban J connectivity index is 0.000000271. The van der Waals surface area contributed by atoms with Crippen LogP contribution < -0.4 is 10.6 Å². The van der Waals surface area contributed by atoms with Crippen LogP contribution >= 0.6 is 0 Å². The molecule has 0 bridgehead atoms. The minimum atomic E-state index is -0.598. The van der Waals surface area contributed by atoms with Gasteiger partial charge in [-0.05, 0) is 18.2 Å². The summed E-state index contributed by atoms with van der Waals surface area (Å²) in [5.41, 5.74) is 0.526. The number of hydrogen-bond donors (Lipinski definition) is 5. The van der Waals surface area contributed by atoms with Gasteiger partial charge in [-0.2, -0.15) is 0 Å². The highest BCUT2D eigenvalue weighted by Gasteiger charge is 2.13. The van der Waals surface area contributed by atoms with Crippen molar-refractivity contribution in [1.82, 2.24) is 0 Å². The Morgan fingerprint density at radius 3 is 1.85 bits per heavy atom. The monoisotopic (exact) mass is 380 g/mol. The number of anilines is 2. The van der Waals surface area contributed by atoms with Crippen LogP contribution in [-0.2, 0) is 0 Å². The zero-order valence-electron chi connectivity index (χ0n) is 14.2. The van der Waals surface area contributed by atoms with Gasteiger partial charge in [0.05, 0.1) is 29.1 Å². The van der Waals surface area contributed by atoms with Gasteiger partial charge in [-0.15, -0.1) is 0 Å². The molecule has 11 nitrogen and oxygen atoms in total. The summed E-state index contributed by atoms with van der Waals surface area (Å²) in [5, 5.41) is 52.5. The molecule has 0 spiro atoms. The van der Waals surface area contributed by atoms with Crippen LogP contribution in [-0.4, -0.2) is 51.5 Å². The largest absolute Gasteiger partial charge is 0.508 e. The molecule has 146 valence electrons. The Morgan fingerprint density at radius 2 is 1.33 bits per heavy atom. The Morgan fingerprint density at radius 1 is 0.815 bits per heavy atom. The molecule has 0 atom stereocenters. The Kier molecular flexibility index (Phi) is 8.98. The van der Waals surface area contributed by atoms with Gasteiger partial charge in [-0.25, -0.2) is 0 Å². The molecule has 11 heteroatoms. The van der Waals surface area contributed by atoms with Crippen molar-refractivity contribution in [2.75, 3.05) is 36.9 Å². The lowest BCUT2D eigenvalue weighted by Gasteiger charge is -2.04. The van der Waals surface area contributed by atoms with Crippen molar-refractivity contribution in [2.45, 2.75) is 0 Å². The van der Waals surface area contributed by atoms with E-state index in [1.807, 2.05) is 0 Å². The van der Waals surface area contributed by atoms with E-state index in [9.17, 15) is 20.2 Å². The number of aliphatic hydroxyl groups excluding tert-OH is 2. The first-order valence-electron chi connectivity index (χ1n) is 7.81. The molecule has 27 heavy (non-hydrogen) atoms. The topological polar surface area (TPSA) is 171 Å².